The van der Waals surface area contributed by atoms with E-state index in [1.807, 2.05) is 12.2 Å². The minimum absolute atomic E-state index is 0. The molecule has 0 amide bonds. The van der Waals surface area contributed by atoms with Crippen molar-refractivity contribution in [3.8, 4) is 0 Å². The molecule has 0 aliphatic heterocycles. The van der Waals surface area contributed by atoms with E-state index in [-0.39, 0.29) is 26.2 Å². The monoisotopic (exact) mass is 183 g/mol. The summed E-state index contributed by atoms with van der Waals surface area (Å²) >= 11 is 0. The molecule has 1 rings (SSSR count). The Morgan fingerprint density at radius 3 is 2.12 bits per heavy atom. The zero-order chi connectivity index (χ0) is 5.54. The van der Waals surface area contributed by atoms with Crippen LogP contribution in [-0.2, 0) is 26.2 Å². The molecule has 0 aromatic rings. The van der Waals surface area contributed by atoms with Gasteiger partial charge in [0.25, 0.3) is 0 Å². The topological polar surface area (TPSA) is 0 Å². The minimum atomic E-state index is 0. The summed E-state index contributed by atoms with van der Waals surface area (Å²) in [6.45, 7) is 6.00. The summed E-state index contributed by atoms with van der Waals surface area (Å²) in [5.41, 5.74) is 0. The third-order valence-electron chi connectivity index (χ3n) is 0.586. The van der Waals surface area contributed by atoms with Crippen molar-refractivity contribution in [3.63, 3.8) is 0 Å². The van der Waals surface area contributed by atoms with E-state index < -0.39 is 0 Å². The van der Waals surface area contributed by atoms with E-state index in [1.165, 1.54) is 0 Å². The molecule has 42 valence electrons. The van der Waals surface area contributed by atoms with Crippen LogP contribution >= 0.6 is 0 Å². The summed E-state index contributed by atoms with van der Waals surface area (Å²) in [4.78, 5) is 0. The van der Waals surface area contributed by atoms with Crippen molar-refractivity contribution in [1.82, 2.24) is 0 Å². The Morgan fingerprint density at radius 1 is 1.38 bits per heavy atom. The van der Waals surface area contributed by atoms with E-state index in [4.69, 9.17) is 0 Å². The zero-order valence-electron chi connectivity index (χ0n) is 4.85. The van der Waals surface area contributed by atoms with Gasteiger partial charge in [0.15, 0.2) is 0 Å². The predicted octanol–water partition coefficient (Wildman–Crippen LogP) is 2.11. The number of allylic oxidation sites excluding steroid dienone is 4. The van der Waals surface area contributed by atoms with E-state index in [2.05, 4.69) is 25.3 Å². The maximum absolute atomic E-state index is 3.00. The fraction of sp³-hybridized carbons (Fsp3) is 0.143. The van der Waals surface area contributed by atoms with Gasteiger partial charge in [-0.25, -0.2) is 12.2 Å². The van der Waals surface area contributed by atoms with Crippen molar-refractivity contribution >= 4 is 0 Å². The molecule has 0 saturated heterocycles. The Morgan fingerprint density at radius 2 is 2.00 bits per heavy atom. The summed E-state index contributed by atoms with van der Waals surface area (Å²) in [6, 6.07) is 0. The van der Waals surface area contributed by atoms with Crippen molar-refractivity contribution in [2.45, 2.75) is 6.42 Å². The average Bonchev–Trinajstić information content (AvgIpc) is 2.23. The third kappa shape index (κ3) is 6.10. The van der Waals surface area contributed by atoms with Crippen LogP contribution in [-0.4, -0.2) is 0 Å². The van der Waals surface area contributed by atoms with Crippen molar-refractivity contribution in [3.05, 3.63) is 37.5 Å². The normalized spacial score (nSPS) is 11.5. The third-order valence-corrected chi connectivity index (χ3v) is 0.586. The van der Waals surface area contributed by atoms with Gasteiger partial charge in [0.1, 0.15) is 0 Å². The van der Waals surface area contributed by atoms with Gasteiger partial charge in [-0.15, -0.1) is 19.6 Å². The number of rotatable bonds is 0. The van der Waals surface area contributed by atoms with Crippen LogP contribution in [0, 0.1) is 6.08 Å². The molecule has 0 N–H and O–H groups in total. The smallest absolute Gasteiger partial charge is 0 e. The van der Waals surface area contributed by atoms with Gasteiger partial charge in [-0.2, -0.15) is 6.08 Å². The van der Waals surface area contributed by atoms with Crippen LogP contribution in [0.5, 0.6) is 0 Å². The largest absolute Gasteiger partial charge is 0.273 e. The first-order valence-corrected chi connectivity index (χ1v) is 2.22. The molecule has 1 aliphatic rings. The van der Waals surface area contributed by atoms with Crippen molar-refractivity contribution in [1.29, 1.82) is 0 Å². The molecule has 0 heterocycles. The van der Waals surface area contributed by atoms with E-state index in [1.54, 1.807) is 0 Å². The fourth-order valence-corrected chi connectivity index (χ4v) is 0.340. The van der Waals surface area contributed by atoms with Crippen LogP contribution in [0.25, 0.3) is 0 Å². The molecule has 0 saturated carbocycles. The summed E-state index contributed by atoms with van der Waals surface area (Å²) in [5.74, 6) is 0. The summed E-state index contributed by atoms with van der Waals surface area (Å²) in [6.07, 6.45) is 10.0. The van der Waals surface area contributed by atoms with E-state index >= 15 is 0 Å². The van der Waals surface area contributed by atoms with Gasteiger partial charge in [-0.1, -0.05) is 0 Å². The van der Waals surface area contributed by atoms with Crippen LogP contribution in [0.15, 0.2) is 31.4 Å². The summed E-state index contributed by atoms with van der Waals surface area (Å²) < 4.78 is 0. The average molecular weight is 184 g/mol. The maximum Gasteiger partial charge on any atom is 0 e. The van der Waals surface area contributed by atoms with Gasteiger partial charge in [0.2, 0.25) is 0 Å². The Balaban J connectivity index is 0. The van der Waals surface area contributed by atoms with E-state index in [0.717, 1.165) is 6.42 Å². The first-order chi connectivity index (χ1) is 3.50. The molecule has 0 fully saturated rings. The molecule has 0 aromatic heterocycles. The van der Waals surface area contributed by atoms with Crippen LogP contribution < -0.4 is 0 Å². The molecule has 0 nitrogen and oxygen atoms in total. The van der Waals surface area contributed by atoms with Crippen molar-refractivity contribution < 1.29 is 26.2 Å². The second kappa shape index (κ2) is 10.2. The number of hydrogen-bond donors (Lipinski definition) is 0. The summed E-state index contributed by atoms with van der Waals surface area (Å²) in [7, 11) is 0. The molecule has 0 atom stereocenters. The molecule has 1 heteroatoms. The van der Waals surface area contributed by atoms with Gasteiger partial charge >= 0.3 is 0 Å². The van der Waals surface area contributed by atoms with Crippen molar-refractivity contribution in [2.24, 2.45) is 0 Å². The molecule has 8 heavy (non-hydrogen) atoms. The van der Waals surface area contributed by atoms with Crippen LogP contribution in [0.2, 0.25) is 0 Å². The van der Waals surface area contributed by atoms with Gasteiger partial charge in [-0.05, 0) is 0 Å². The first kappa shape index (κ1) is 11.0. The van der Waals surface area contributed by atoms with Crippen LogP contribution in [0.4, 0.5) is 0 Å². The zero-order valence-corrected chi connectivity index (χ0v) is 7.31. The van der Waals surface area contributed by atoms with Crippen LogP contribution in [0.3, 0.4) is 0 Å². The molecule has 0 radical (unpaired) electrons. The maximum atomic E-state index is 3.00. The number of hydrogen-bond acceptors (Lipinski definition) is 0. The SMILES string of the molecule is C=C.[C-]1=CC=CC1.[Zr]. The molecular formula is C7H9Zr-. The van der Waals surface area contributed by atoms with Gasteiger partial charge < -0.3 is 0 Å². The molecule has 0 aromatic carbocycles. The van der Waals surface area contributed by atoms with Crippen LogP contribution in [0.1, 0.15) is 6.42 Å². The second-order valence-electron chi connectivity index (χ2n) is 1.00. The molecular weight excluding hydrogens is 175 g/mol. The van der Waals surface area contributed by atoms with Gasteiger partial charge in [-0.3, -0.25) is 6.08 Å². The Labute approximate surface area is 70.1 Å². The Hall–Kier alpha value is 0.103. The standard InChI is InChI=1S/C5H5.C2H4.Zr/c1-2-4-5-3-1;1-2;/h1-3H,4H2;1-2H2;/q-1;;. The first-order valence-electron chi connectivity index (χ1n) is 2.22. The quantitative estimate of drug-likeness (QED) is 0.399. The minimum Gasteiger partial charge on any atom is -0.273 e. The molecule has 0 unspecified atom stereocenters. The van der Waals surface area contributed by atoms with E-state index in [9.17, 15) is 0 Å². The van der Waals surface area contributed by atoms with Crippen molar-refractivity contribution in [2.75, 3.05) is 0 Å². The predicted molar refractivity (Wildman–Crippen MR) is 32.8 cm³/mol. The summed E-state index contributed by atoms with van der Waals surface area (Å²) in [5, 5.41) is 0. The van der Waals surface area contributed by atoms with Gasteiger partial charge in [0.05, 0.1) is 0 Å². The second-order valence-corrected chi connectivity index (χ2v) is 1.00. The molecule has 0 bridgehead atoms. The Bertz CT molecular complexity index is 72.4. The van der Waals surface area contributed by atoms with Gasteiger partial charge in [0, 0.05) is 26.2 Å². The fourth-order valence-electron chi connectivity index (χ4n) is 0.340. The molecule has 0 spiro atoms. The molecule has 1 aliphatic carbocycles. The Kier molecular flexibility index (Phi) is 13.9. The van der Waals surface area contributed by atoms with E-state index in [0.29, 0.717) is 0 Å².